The van der Waals surface area contributed by atoms with E-state index in [1.54, 1.807) is 18.2 Å². The molecule has 0 radical (unpaired) electrons. The van der Waals surface area contributed by atoms with Crippen molar-refractivity contribution in [1.29, 1.82) is 0 Å². The van der Waals surface area contributed by atoms with Gasteiger partial charge in [-0.25, -0.2) is 0 Å². The van der Waals surface area contributed by atoms with E-state index < -0.39 is 5.24 Å². The monoisotopic (exact) mass is 294 g/mol. The highest BCUT2D eigenvalue weighted by molar-refractivity contribution is 6.67. The van der Waals surface area contributed by atoms with Crippen LogP contribution in [0.15, 0.2) is 42.5 Å². The number of hydrogen-bond donors (Lipinski definition) is 0. The van der Waals surface area contributed by atoms with Gasteiger partial charge in [0.05, 0.1) is 5.02 Å². The molecule has 2 aromatic carbocycles. The molecule has 0 atom stereocenters. The van der Waals surface area contributed by atoms with Crippen LogP contribution in [0, 0.1) is 6.92 Å². The fraction of sp³-hybridized carbons (Fsp3) is 0.133. The van der Waals surface area contributed by atoms with Gasteiger partial charge in [0.25, 0.3) is 5.24 Å². The number of hydrogen-bond acceptors (Lipinski definition) is 2. The first-order valence-corrected chi connectivity index (χ1v) is 6.50. The topological polar surface area (TPSA) is 26.3 Å². The molecule has 0 aliphatic rings. The van der Waals surface area contributed by atoms with E-state index in [1.165, 1.54) is 0 Å². The molecule has 2 nitrogen and oxygen atoms in total. The van der Waals surface area contributed by atoms with Gasteiger partial charge in [-0.2, -0.15) is 0 Å². The summed E-state index contributed by atoms with van der Waals surface area (Å²) < 4.78 is 5.63. The molecule has 0 aromatic heterocycles. The summed E-state index contributed by atoms with van der Waals surface area (Å²) in [5, 5.41) is 0.0592. The minimum atomic E-state index is -0.491. The quantitative estimate of drug-likeness (QED) is 0.770. The zero-order chi connectivity index (χ0) is 13.8. The Morgan fingerprint density at radius 2 is 1.95 bits per heavy atom. The molecular formula is C15H12Cl2O2. The number of carbonyl (C=O) groups is 1. The van der Waals surface area contributed by atoms with Crippen LogP contribution in [0.3, 0.4) is 0 Å². The molecule has 0 unspecified atom stereocenters. The third kappa shape index (κ3) is 3.49. The van der Waals surface area contributed by atoms with E-state index in [0.29, 0.717) is 16.3 Å². The van der Waals surface area contributed by atoms with Gasteiger partial charge in [-0.15, -0.1) is 0 Å². The van der Waals surface area contributed by atoms with Crippen LogP contribution >= 0.6 is 23.2 Å². The van der Waals surface area contributed by atoms with Crippen molar-refractivity contribution in [1.82, 2.24) is 0 Å². The van der Waals surface area contributed by atoms with Gasteiger partial charge < -0.3 is 4.74 Å². The lowest BCUT2D eigenvalue weighted by atomic mass is 10.1. The molecule has 0 amide bonds. The molecule has 0 aliphatic heterocycles. The molecule has 2 aromatic rings. The number of benzene rings is 2. The van der Waals surface area contributed by atoms with E-state index in [2.05, 4.69) is 0 Å². The molecule has 0 saturated carbocycles. The van der Waals surface area contributed by atoms with E-state index in [4.69, 9.17) is 27.9 Å². The number of ether oxygens (including phenoxy) is 1. The lowest BCUT2D eigenvalue weighted by Crippen LogP contribution is -2.02. The van der Waals surface area contributed by atoms with Crippen molar-refractivity contribution in [3.05, 3.63) is 64.2 Å². The van der Waals surface area contributed by atoms with Crippen molar-refractivity contribution in [2.45, 2.75) is 13.5 Å². The van der Waals surface area contributed by atoms with E-state index in [-0.39, 0.29) is 6.61 Å². The highest BCUT2D eigenvalue weighted by Crippen LogP contribution is 2.26. The lowest BCUT2D eigenvalue weighted by Gasteiger charge is -2.10. The second-order valence-corrected chi connectivity index (χ2v) is 4.90. The van der Waals surface area contributed by atoms with Gasteiger partial charge >= 0.3 is 0 Å². The number of aryl methyl sites for hydroxylation is 1. The van der Waals surface area contributed by atoms with Crippen LogP contribution < -0.4 is 4.74 Å². The zero-order valence-corrected chi connectivity index (χ0v) is 11.8. The summed E-state index contributed by atoms with van der Waals surface area (Å²) in [4.78, 5) is 11.3. The van der Waals surface area contributed by atoms with Crippen LogP contribution in [-0.4, -0.2) is 5.24 Å². The summed E-state index contributed by atoms with van der Waals surface area (Å²) in [5.74, 6) is 0.587. The van der Waals surface area contributed by atoms with Crippen molar-refractivity contribution in [2.75, 3.05) is 0 Å². The van der Waals surface area contributed by atoms with E-state index in [1.807, 2.05) is 31.2 Å². The Labute approximate surface area is 121 Å². The molecule has 0 saturated heterocycles. The minimum Gasteiger partial charge on any atom is -0.487 e. The van der Waals surface area contributed by atoms with Gasteiger partial charge in [-0.05, 0) is 42.3 Å². The predicted octanol–water partition coefficient (Wildman–Crippen LogP) is 4.61. The van der Waals surface area contributed by atoms with Crippen molar-refractivity contribution >= 4 is 28.4 Å². The highest BCUT2D eigenvalue weighted by atomic mass is 35.5. The fourth-order valence-corrected chi connectivity index (χ4v) is 2.19. The highest BCUT2D eigenvalue weighted by Gasteiger charge is 2.09. The maximum Gasteiger partial charge on any atom is 0.252 e. The minimum absolute atomic E-state index is 0.247. The average molecular weight is 295 g/mol. The Morgan fingerprint density at radius 1 is 1.21 bits per heavy atom. The fourth-order valence-electron chi connectivity index (χ4n) is 1.72. The summed E-state index contributed by atoms with van der Waals surface area (Å²) in [6.07, 6.45) is 0. The van der Waals surface area contributed by atoms with Crippen molar-refractivity contribution in [3.8, 4) is 5.75 Å². The average Bonchev–Trinajstić information content (AvgIpc) is 2.38. The van der Waals surface area contributed by atoms with Gasteiger partial charge in [0.15, 0.2) is 0 Å². The Kier molecular flexibility index (Phi) is 4.46. The van der Waals surface area contributed by atoms with Gasteiger partial charge in [-0.1, -0.05) is 35.9 Å². The lowest BCUT2D eigenvalue weighted by molar-refractivity contribution is 0.107. The molecule has 2 rings (SSSR count). The van der Waals surface area contributed by atoms with E-state index in [0.717, 1.165) is 11.1 Å². The normalized spacial score (nSPS) is 10.3. The summed E-state index contributed by atoms with van der Waals surface area (Å²) in [6.45, 7) is 2.20. The molecule has 19 heavy (non-hydrogen) atoms. The van der Waals surface area contributed by atoms with Crippen LogP contribution in [0.2, 0.25) is 5.02 Å². The standard InChI is InChI=1S/C15H12Cl2O2/c1-10-6-7-14(13(16)8-10)19-9-11-4-2-3-5-12(11)15(17)18/h2-8H,9H2,1H3. The largest absolute Gasteiger partial charge is 0.487 e. The number of carbonyl (C=O) groups excluding carboxylic acids is 1. The molecular weight excluding hydrogens is 283 g/mol. The van der Waals surface area contributed by atoms with Crippen molar-refractivity contribution in [2.24, 2.45) is 0 Å². The van der Waals surface area contributed by atoms with Gasteiger partial charge in [0, 0.05) is 11.1 Å². The third-order valence-electron chi connectivity index (χ3n) is 2.70. The van der Waals surface area contributed by atoms with Crippen LogP contribution in [0.25, 0.3) is 0 Å². The third-order valence-corrected chi connectivity index (χ3v) is 3.20. The summed E-state index contributed by atoms with van der Waals surface area (Å²) in [6, 6.07) is 12.6. The van der Waals surface area contributed by atoms with Crippen LogP contribution in [0.1, 0.15) is 21.5 Å². The first-order valence-electron chi connectivity index (χ1n) is 5.74. The number of rotatable bonds is 4. The Bertz CT molecular complexity index is 609. The predicted molar refractivity (Wildman–Crippen MR) is 77.1 cm³/mol. The Morgan fingerprint density at radius 3 is 2.63 bits per heavy atom. The molecule has 0 aliphatic carbocycles. The molecule has 4 heteroatoms. The number of halogens is 2. The van der Waals surface area contributed by atoms with Gasteiger partial charge in [0.1, 0.15) is 12.4 Å². The first kappa shape index (κ1) is 13.9. The van der Waals surface area contributed by atoms with Gasteiger partial charge in [0.2, 0.25) is 0 Å². The van der Waals surface area contributed by atoms with Crippen LogP contribution in [0.5, 0.6) is 5.75 Å². The second-order valence-electron chi connectivity index (χ2n) is 4.15. The summed E-state index contributed by atoms with van der Waals surface area (Å²) in [7, 11) is 0. The van der Waals surface area contributed by atoms with Crippen LogP contribution in [-0.2, 0) is 6.61 Å². The maximum atomic E-state index is 11.3. The molecule has 0 spiro atoms. The SMILES string of the molecule is Cc1ccc(OCc2ccccc2C(=O)Cl)c(Cl)c1. The molecule has 98 valence electrons. The molecule has 0 heterocycles. The van der Waals surface area contributed by atoms with Crippen molar-refractivity contribution < 1.29 is 9.53 Å². The van der Waals surface area contributed by atoms with Crippen LogP contribution in [0.4, 0.5) is 0 Å². The van der Waals surface area contributed by atoms with Crippen molar-refractivity contribution in [3.63, 3.8) is 0 Å². The second kappa shape index (κ2) is 6.09. The zero-order valence-electron chi connectivity index (χ0n) is 10.3. The maximum absolute atomic E-state index is 11.3. The molecule has 0 fully saturated rings. The van der Waals surface area contributed by atoms with E-state index in [9.17, 15) is 4.79 Å². The first-order chi connectivity index (χ1) is 9.08. The molecule has 0 N–H and O–H groups in total. The van der Waals surface area contributed by atoms with E-state index >= 15 is 0 Å². The van der Waals surface area contributed by atoms with Gasteiger partial charge in [-0.3, -0.25) is 4.79 Å². The Hall–Kier alpha value is -1.51. The Balaban J connectivity index is 2.17. The summed E-state index contributed by atoms with van der Waals surface area (Å²) >= 11 is 11.6. The summed E-state index contributed by atoms with van der Waals surface area (Å²) in [5.41, 5.74) is 2.25. The smallest absolute Gasteiger partial charge is 0.252 e. The molecule has 0 bridgehead atoms.